The number of fused-ring (bicyclic) bond motifs is 1. The van der Waals surface area contributed by atoms with Crippen molar-refractivity contribution in [2.45, 2.75) is 20.8 Å². The van der Waals surface area contributed by atoms with Crippen molar-refractivity contribution in [3.63, 3.8) is 0 Å². The number of aromatic nitrogens is 1. The van der Waals surface area contributed by atoms with Crippen molar-refractivity contribution >= 4 is 38.3 Å². The smallest absolute Gasteiger partial charge is 0.272 e. The zero-order valence-corrected chi connectivity index (χ0v) is 14.2. The number of hydrogen-bond acceptors (Lipinski definition) is 5. The largest absolute Gasteiger partial charge is 0.298 e. The van der Waals surface area contributed by atoms with Crippen LogP contribution in [0, 0.1) is 30.9 Å². The van der Waals surface area contributed by atoms with Crippen LogP contribution in [0.2, 0.25) is 0 Å². The molecule has 1 amide bonds. The first-order chi connectivity index (χ1) is 11.4. The van der Waals surface area contributed by atoms with Crippen LogP contribution < -0.4 is 5.32 Å². The summed E-state index contributed by atoms with van der Waals surface area (Å²) in [6.45, 7) is 5.59. The number of aryl methyl sites for hydroxylation is 3. The quantitative estimate of drug-likeness (QED) is 0.566. The van der Waals surface area contributed by atoms with Crippen molar-refractivity contribution in [2.24, 2.45) is 0 Å². The van der Waals surface area contributed by atoms with Gasteiger partial charge in [-0.15, -0.1) is 0 Å². The van der Waals surface area contributed by atoms with E-state index in [-0.39, 0.29) is 11.6 Å². The molecule has 7 heteroatoms. The van der Waals surface area contributed by atoms with Gasteiger partial charge >= 0.3 is 0 Å². The molecule has 1 N–H and O–H groups in total. The van der Waals surface area contributed by atoms with Gasteiger partial charge in [0, 0.05) is 17.2 Å². The maximum absolute atomic E-state index is 12.4. The molecule has 3 rings (SSSR count). The lowest BCUT2D eigenvalue weighted by atomic mass is 10.1. The van der Waals surface area contributed by atoms with E-state index in [0.717, 1.165) is 21.3 Å². The van der Waals surface area contributed by atoms with Crippen LogP contribution in [0.25, 0.3) is 10.2 Å². The summed E-state index contributed by atoms with van der Waals surface area (Å²) in [5.74, 6) is -0.331. The van der Waals surface area contributed by atoms with E-state index in [4.69, 9.17) is 0 Å². The van der Waals surface area contributed by atoms with E-state index >= 15 is 0 Å². The number of benzene rings is 2. The maximum atomic E-state index is 12.4. The van der Waals surface area contributed by atoms with Gasteiger partial charge in [0.05, 0.1) is 15.1 Å². The predicted octanol–water partition coefficient (Wildman–Crippen LogP) is 4.38. The highest BCUT2D eigenvalue weighted by Gasteiger charge is 2.16. The minimum atomic E-state index is -0.462. The van der Waals surface area contributed by atoms with Gasteiger partial charge in [0.15, 0.2) is 5.13 Å². The monoisotopic (exact) mass is 341 g/mol. The number of nitro groups is 1. The predicted molar refractivity (Wildman–Crippen MR) is 94.9 cm³/mol. The van der Waals surface area contributed by atoms with Gasteiger partial charge in [-0.1, -0.05) is 23.5 Å². The van der Waals surface area contributed by atoms with Crippen molar-refractivity contribution in [1.82, 2.24) is 4.98 Å². The third-order valence-electron chi connectivity index (χ3n) is 3.82. The van der Waals surface area contributed by atoms with Gasteiger partial charge in [-0.25, -0.2) is 4.98 Å². The Balaban J connectivity index is 1.90. The average molecular weight is 341 g/mol. The third-order valence-corrected chi connectivity index (χ3v) is 4.92. The molecule has 6 nitrogen and oxygen atoms in total. The number of nitrogens with zero attached hydrogens (tertiary/aromatic N) is 2. The highest BCUT2D eigenvalue weighted by atomic mass is 32.1. The molecule has 1 aromatic heterocycles. The fraction of sp³-hybridized carbons (Fsp3) is 0.176. The SMILES string of the molecule is Cc1cc(C(=O)Nc2nc3c(C)ccc(C)c3s2)ccc1[N+](=O)[O-]. The van der Waals surface area contributed by atoms with Crippen LogP contribution >= 0.6 is 11.3 Å². The van der Waals surface area contributed by atoms with Crippen LogP contribution in [0.3, 0.4) is 0 Å². The number of amides is 1. The Bertz CT molecular complexity index is 940. The number of thiazole rings is 1. The molecule has 0 unspecified atom stereocenters. The summed E-state index contributed by atoms with van der Waals surface area (Å²) in [5, 5.41) is 14.1. The van der Waals surface area contributed by atoms with E-state index in [0.29, 0.717) is 16.3 Å². The second-order valence-corrected chi connectivity index (χ2v) is 6.61. The minimum Gasteiger partial charge on any atom is -0.298 e. The minimum absolute atomic E-state index is 0.00205. The van der Waals surface area contributed by atoms with E-state index in [2.05, 4.69) is 10.3 Å². The van der Waals surface area contributed by atoms with Crippen LogP contribution in [0.5, 0.6) is 0 Å². The molecule has 0 aliphatic rings. The molecule has 2 aromatic carbocycles. The summed E-state index contributed by atoms with van der Waals surface area (Å²) in [6, 6.07) is 8.34. The Labute approximate surface area is 142 Å². The van der Waals surface area contributed by atoms with E-state index in [1.807, 2.05) is 26.0 Å². The molecule has 0 aliphatic heterocycles. The van der Waals surface area contributed by atoms with E-state index < -0.39 is 4.92 Å². The van der Waals surface area contributed by atoms with Gasteiger partial charge in [-0.3, -0.25) is 20.2 Å². The number of nitro benzene ring substituents is 1. The highest BCUT2D eigenvalue weighted by molar-refractivity contribution is 7.22. The second-order valence-electron chi connectivity index (χ2n) is 5.61. The third kappa shape index (κ3) is 2.85. The van der Waals surface area contributed by atoms with Gasteiger partial charge in [-0.2, -0.15) is 0 Å². The molecule has 0 aliphatic carbocycles. The summed E-state index contributed by atoms with van der Waals surface area (Å²) in [5.41, 5.74) is 3.86. The number of anilines is 1. The molecule has 24 heavy (non-hydrogen) atoms. The Morgan fingerprint density at radius 3 is 2.46 bits per heavy atom. The first-order valence-electron chi connectivity index (χ1n) is 7.30. The summed E-state index contributed by atoms with van der Waals surface area (Å²) < 4.78 is 1.05. The Kier molecular flexibility index (Phi) is 4.02. The molecule has 0 saturated heterocycles. The number of rotatable bonds is 3. The van der Waals surface area contributed by atoms with Crippen molar-refractivity contribution in [3.8, 4) is 0 Å². The summed E-state index contributed by atoms with van der Waals surface area (Å²) in [4.78, 5) is 27.3. The topological polar surface area (TPSA) is 85.1 Å². The normalized spacial score (nSPS) is 10.8. The Hall–Kier alpha value is -2.80. The maximum Gasteiger partial charge on any atom is 0.272 e. The van der Waals surface area contributed by atoms with Gasteiger partial charge in [-0.05, 0) is 44.0 Å². The molecule has 3 aromatic rings. The molecule has 0 spiro atoms. The lowest BCUT2D eigenvalue weighted by molar-refractivity contribution is -0.385. The van der Waals surface area contributed by atoms with E-state index in [1.54, 1.807) is 6.92 Å². The van der Waals surface area contributed by atoms with Gasteiger partial charge in [0.2, 0.25) is 0 Å². The summed E-state index contributed by atoms with van der Waals surface area (Å²) in [6.07, 6.45) is 0. The molecule has 0 atom stereocenters. The fourth-order valence-electron chi connectivity index (χ4n) is 2.48. The molecule has 122 valence electrons. The molecular formula is C17H15N3O3S. The first kappa shape index (κ1) is 16.1. The van der Waals surface area contributed by atoms with Crippen LogP contribution in [-0.2, 0) is 0 Å². The number of hydrogen-bond donors (Lipinski definition) is 1. The fourth-order valence-corrected chi connectivity index (χ4v) is 3.49. The molecule has 0 radical (unpaired) electrons. The average Bonchev–Trinajstić information content (AvgIpc) is 2.95. The zero-order valence-electron chi connectivity index (χ0n) is 13.4. The first-order valence-corrected chi connectivity index (χ1v) is 8.11. The standard InChI is InChI=1S/C17H15N3O3S/c1-9-4-5-10(2)15-14(9)18-17(24-15)19-16(21)12-6-7-13(20(22)23)11(3)8-12/h4-8H,1-3H3,(H,18,19,21). The highest BCUT2D eigenvalue weighted by Crippen LogP contribution is 2.31. The molecular weight excluding hydrogens is 326 g/mol. The Morgan fingerprint density at radius 2 is 1.83 bits per heavy atom. The van der Waals surface area contributed by atoms with E-state index in [1.165, 1.54) is 29.5 Å². The van der Waals surface area contributed by atoms with Crippen LogP contribution in [0.1, 0.15) is 27.0 Å². The number of nitrogens with one attached hydrogen (secondary N) is 1. The number of carbonyl (C=O) groups excluding carboxylic acids is 1. The van der Waals surface area contributed by atoms with Crippen molar-refractivity contribution in [3.05, 3.63) is 62.7 Å². The van der Waals surface area contributed by atoms with Crippen LogP contribution in [0.4, 0.5) is 10.8 Å². The number of carbonyl (C=O) groups is 1. The van der Waals surface area contributed by atoms with Gasteiger partial charge < -0.3 is 0 Å². The lowest BCUT2D eigenvalue weighted by Gasteiger charge is -2.03. The van der Waals surface area contributed by atoms with Gasteiger partial charge in [0.1, 0.15) is 0 Å². The molecule has 0 bridgehead atoms. The zero-order chi connectivity index (χ0) is 17.4. The molecule has 0 fully saturated rings. The van der Waals surface area contributed by atoms with Crippen LogP contribution in [0.15, 0.2) is 30.3 Å². The van der Waals surface area contributed by atoms with E-state index in [9.17, 15) is 14.9 Å². The van der Waals surface area contributed by atoms with Gasteiger partial charge in [0.25, 0.3) is 11.6 Å². The lowest BCUT2D eigenvalue weighted by Crippen LogP contribution is -2.12. The van der Waals surface area contributed by atoms with Crippen molar-refractivity contribution in [2.75, 3.05) is 5.32 Å². The second kappa shape index (κ2) is 6.01. The molecule has 1 heterocycles. The molecule has 0 saturated carbocycles. The Morgan fingerprint density at radius 1 is 1.12 bits per heavy atom. The summed E-state index contributed by atoms with van der Waals surface area (Å²) >= 11 is 1.42. The van der Waals surface area contributed by atoms with Crippen molar-refractivity contribution in [1.29, 1.82) is 0 Å². The van der Waals surface area contributed by atoms with Crippen molar-refractivity contribution < 1.29 is 9.72 Å². The van der Waals surface area contributed by atoms with Crippen LogP contribution in [-0.4, -0.2) is 15.8 Å². The summed E-state index contributed by atoms with van der Waals surface area (Å²) in [7, 11) is 0.